The highest BCUT2D eigenvalue weighted by atomic mass is 35.5. The first-order valence-electron chi connectivity index (χ1n) is 3.16. The highest BCUT2D eigenvalue weighted by molar-refractivity contribution is 8.21. The molecule has 60 valence electrons. The molecule has 0 amide bonds. The van der Waals surface area contributed by atoms with Gasteiger partial charge in [-0.25, -0.2) is 0 Å². The van der Waals surface area contributed by atoms with Crippen molar-refractivity contribution in [2.24, 2.45) is 0 Å². The van der Waals surface area contributed by atoms with Gasteiger partial charge in [0.1, 0.15) is 0 Å². The molecule has 0 saturated carbocycles. The molecule has 0 aromatic rings. The summed E-state index contributed by atoms with van der Waals surface area (Å²) in [6.07, 6.45) is 5.25. The van der Waals surface area contributed by atoms with Gasteiger partial charge in [-0.2, -0.15) is 0 Å². The van der Waals surface area contributed by atoms with Crippen molar-refractivity contribution in [3.63, 3.8) is 0 Å². The Morgan fingerprint density at radius 1 is 1.30 bits per heavy atom. The van der Waals surface area contributed by atoms with Crippen LogP contribution < -0.4 is 0 Å². The average Bonchev–Trinajstić information content (AvgIpc) is 2.00. The molecule has 0 heterocycles. The van der Waals surface area contributed by atoms with E-state index in [9.17, 15) is 0 Å². The zero-order chi connectivity index (χ0) is 7.98. The monoisotopic (exact) mass is 196 g/mol. The maximum absolute atomic E-state index is 5.74. The van der Waals surface area contributed by atoms with E-state index < -0.39 is 0 Å². The Labute approximate surface area is 76.8 Å². The first kappa shape index (κ1) is 10.7. The molecule has 3 heteroatoms. The Balaban J connectivity index is 4.20. The van der Waals surface area contributed by atoms with Crippen LogP contribution in [0.3, 0.4) is 0 Å². The second-order valence-electron chi connectivity index (χ2n) is 1.79. The van der Waals surface area contributed by atoms with E-state index in [-0.39, 0.29) is 0 Å². The van der Waals surface area contributed by atoms with E-state index in [1.165, 1.54) is 9.81 Å². The number of hydrogen-bond donors (Lipinski definition) is 0. The summed E-state index contributed by atoms with van der Waals surface area (Å²) in [5, 5.41) is 0. The number of thioether (sulfide) groups is 2. The van der Waals surface area contributed by atoms with E-state index in [1.54, 1.807) is 23.5 Å². The van der Waals surface area contributed by atoms with Gasteiger partial charge in [-0.15, -0.1) is 35.1 Å². The smallest absolute Gasteiger partial charge is 0.0452 e. The Morgan fingerprint density at radius 3 is 1.90 bits per heavy atom. The Kier molecular flexibility index (Phi) is 6.91. The van der Waals surface area contributed by atoms with Crippen LogP contribution >= 0.6 is 35.1 Å². The Hall–Kier alpha value is 0.730. The summed E-state index contributed by atoms with van der Waals surface area (Å²) in [4.78, 5) is 0. The molecule has 0 nitrogen and oxygen atoms in total. The summed E-state index contributed by atoms with van der Waals surface area (Å²) in [6, 6.07) is 0. The van der Waals surface area contributed by atoms with E-state index in [4.69, 9.17) is 11.6 Å². The standard InChI is InChI=1S/C7H13ClS2/c1-4-6(5-8)7(9-2)10-3/h4-5H2,1-3H3. The SMILES string of the molecule is CCC(CCl)=C(SC)SC. The Bertz CT molecular complexity index is 94.8. The van der Waals surface area contributed by atoms with Gasteiger partial charge >= 0.3 is 0 Å². The van der Waals surface area contributed by atoms with Crippen molar-refractivity contribution in [3.05, 3.63) is 9.81 Å². The zero-order valence-corrected chi connectivity index (χ0v) is 9.00. The molecule has 0 atom stereocenters. The minimum absolute atomic E-state index is 0.674. The number of hydrogen-bond acceptors (Lipinski definition) is 2. The van der Waals surface area contributed by atoms with Gasteiger partial charge in [0.2, 0.25) is 0 Å². The molecule has 0 unspecified atom stereocenters. The highest BCUT2D eigenvalue weighted by Crippen LogP contribution is 2.29. The lowest BCUT2D eigenvalue weighted by Gasteiger charge is -2.05. The molecular formula is C7H13ClS2. The summed E-state index contributed by atoms with van der Waals surface area (Å²) in [6.45, 7) is 2.14. The molecule has 0 aromatic carbocycles. The molecule has 0 rings (SSSR count). The Morgan fingerprint density at radius 2 is 1.80 bits per heavy atom. The quantitative estimate of drug-likeness (QED) is 0.631. The molecule has 0 aliphatic rings. The first-order valence-corrected chi connectivity index (χ1v) is 6.14. The van der Waals surface area contributed by atoms with Crippen molar-refractivity contribution >= 4 is 35.1 Å². The van der Waals surface area contributed by atoms with E-state index in [0.717, 1.165) is 6.42 Å². The van der Waals surface area contributed by atoms with Crippen LogP contribution in [0.15, 0.2) is 9.81 Å². The van der Waals surface area contributed by atoms with Crippen molar-refractivity contribution in [1.82, 2.24) is 0 Å². The maximum Gasteiger partial charge on any atom is 0.0452 e. The van der Waals surface area contributed by atoms with E-state index in [0.29, 0.717) is 5.88 Å². The summed E-state index contributed by atoms with van der Waals surface area (Å²) in [5.74, 6) is 0.674. The molecule has 0 aliphatic heterocycles. The lowest BCUT2D eigenvalue weighted by atomic mass is 10.3. The predicted molar refractivity (Wildman–Crippen MR) is 55.1 cm³/mol. The normalized spacial score (nSPS) is 9.60. The molecule has 0 bridgehead atoms. The van der Waals surface area contributed by atoms with Gasteiger partial charge in [0.25, 0.3) is 0 Å². The van der Waals surface area contributed by atoms with Crippen LogP contribution in [0, 0.1) is 0 Å². The van der Waals surface area contributed by atoms with Crippen LogP contribution in [-0.2, 0) is 0 Å². The molecule has 0 aliphatic carbocycles. The summed E-state index contributed by atoms with van der Waals surface area (Å²) >= 11 is 9.31. The fourth-order valence-electron chi connectivity index (χ4n) is 0.665. The van der Waals surface area contributed by atoms with Gasteiger partial charge in [-0.1, -0.05) is 6.92 Å². The molecule has 10 heavy (non-hydrogen) atoms. The summed E-state index contributed by atoms with van der Waals surface area (Å²) in [5.41, 5.74) is 1.36. The summed E-state index contributed by atoms with van der Waals surface area (Å²) in [7, 11) is 0. The fourth-order valence-corrected chi connectivity index (χ4v) is 2.82. The van der Waals surface area contributed by atoms with Crippen LogP contribution in [0.4, 0.5) is 0 Å². The second-order valence-corrected chi connectivity index (χ2v) is 3.95. The predicted octanol–water partition coefficient (Wildman–Crippen LogP) is 3.57. The topological polar surface area (TPSA) is 0 Å². The number of halogens is 1. The van der Waals surface area contributed by atoms with Gasteiger partial charge in [0.05, 0.1) is 0 Å². The number of rotatable bonds is 4. The molecule has 0 N–H and O–H groups in total. The van der Waals surface area contributed by atoms with E-state index in [1.807, 2.05) is 0 Å². The third kappa shape index (κ3) is 3.22. The molecule has 0 radical (unpaired) electrons. The largest absolute Gasteiger partial charge is 0.123 e. The number of alkyl halides is 1. The molecule has 0 fully saturated rings. The maximum atomic E-state index is 5.74. The highest BCUT2D eigenvalue weighted by Gasteiger charge is 2.00. The second kappa shape index (κ2) is 6.44. The zero-order valence-electron chi connectivity index (χ0n) is 6.61. The minimum Gasteiger partial charge on any atom is -0.123 e. The van der Waals surface area contributed by atoms with E-state index >= 15 is 0 Å². The van der Waals surface area contributed by atoms with Crippen LogP contribution in [0.1, 0.15) is 13.3 Å². The van der Waals surface area contributed by atoms with Crippen molar-refractivity contribution in [2.45, 2.75) is 13.3 Å². The minimum atomic E-state index is 0.674. The van der Waals surface area contributed by atoms with Crippen molar-refractivity contribution in [1.29, 1.82) is 0 Å². The van der Waals surface area contributed by atoms with Crippen LogP contribution in [0.5, 0.6) is 0 Å². The van der Waals surface area contributed by atoms with Crippen LogP contribution in [0.25, 0.3) is 0 Å². The van der Waals surface area contributed by atoms with Crippen molar-refractivity contribution in [3.8, 4) is 0 Å². The van der Waals surface area contributed by atoms with Gasteiger partial charge in [0.15, 0.2) is 0 Å². The third-order valence-corrected chi connectivity index (χ3v) is 3.89. The lowest BCUT2D eigenvalue weighted by molar-refractivity contribution is 1.11. The van der Waals surface area contributed by atoms with Gasteiger partial charge in [0, 0.05) is 10.1 Å². The van der Waals surface area contributed by atoms with Gasteiger partial charge in [-0.3, -0.25) is 0 Å². The van der Waals surface area contributed by atoms with Crippen molar-refractivity contribution in [2.75, 3.05) is 18.4 Å². The molecular weight excluding hydrogens is 184 g/mol. The fraction of sp³-hybridized carbons (Fsp3) is 0.714. The van der Waals surface area contributed by atoms with Crippen LogP contribution in [-0.4, -0.2) is 18.4 Å². The number of allylic oxidation sites excluding steroid dienone is 1. The van der Waals surface area contributed by atoms with E-state index in [2.05, 4.69) is 19.4 Å². The first-order chi connectivity index (χ1) is 4.79. The van der Waals surface area contributed by atoms with Crippen molar-refractivity contribution < 1.29 is 0 Å². The lowest BCUT2D eigenvalue weighted by Crippen LogP contribution is -1.85. The van der Waals surface area contributed by atoms with Gasteiger partial charge < -0.3 is 0 Å². The van der Waals surface area contributed by atoms with Gasteiger partial charge in [-0.05, 0) is 24.5 Å². The molecule has 0 saturated heterocycles. The molecule has 0 aromatic heterocycles. The van der Waals surface area contributed by atoms with Crippen LogP contribution in [0.2, 0.25) is 0 Å². The third-order valence-electron chi connectivity index (χ3n) is 1.25. The average molecular weight is 197 g/mol. The molecule has 0 spiro atoms. The summed E-state index contributed by atoms with van der Waals surface area (Å²) < 4.78 is 1.37.